The number of carbonyl (C=O) groups is 1. The average molecular weight is 344 g/mol. The summed E-state index contributed by atoms with van der Waals surface area (Å²) in [5.41, 5.74) is 6.91. The highest BCUT2D eigenvalue weighted by atomic mass is 35.5. The van der Waals surface area contributed by atoms with Gasteiger partial charge in [0.25, 0.3) is 5.91 Å². The molecule has 1 aromatic heterocycles. The molecule has 1 atom stereocenters. The summed E-state index contributed by atoms with van der Waals surface area (Å²) in [6.45, 7) is 6.48. The third-order valence-electron chi connectivity index (χ3n) is 3.96. The Labute approximate surface area is 143 Å². The normalized spacial score (nSPS) is 13.0. The molecule has 1 aromatic carbocycles. The maximum Gasteiger partial charge on any atom is 0.251 e. The summed E-state index contributed by atoms with van der Waals surface area (Å²) in [6.07, 6.45) is 1.74. The van der Waals surface area contributed by atoms with Gasteiger partial charge in [-0.2, -0.15) is 0 Å². The molecule has 122 valence electrons. The van der Waals surface area contributed by atoms with Crippen molar-refractivity contribution >= 4 is 41.6 Å². The van der Waals surface area contributed by atoms with Crippen molar-refractivity contribution in [2.75, 3.05) is 6.54 Å². The lowest BCUT2D eigenvalue weighted by Crippen LogP contribution is -2.55. The number of benzene rings is 1. The first kappa shape index (κ1) is 20.6. The monoisotopic (exact) mass is 343 g/mol. The van der Waals surface area contributed by atoms with E-state index in [1.165, 1.54) is 0 Å². The molecule has 0 saturated heterocycles. The molecule has 6 heteroatoms. The van der Waals surface area contributed by atoms with Crippen LogP contribution in [0, 0.1) is 5.92 Å². The van der Waals surface area contributed by atoms with Gasteiger partial charge in [-0.25, -0.2) is 0 Å². The molecule has 2 rings (SSSR count). The molecule has 0 aliphatic rings. The van der Waals surface area contributed by atoms with E-state index in [0.717, 1.165) is 10.9 Å². The van der Waals surface area contributed by atoms with Gasteiger partial charge in [0.05, 0.1) is 11.1 Å². The largest absolute Gasteiger partial charge is 0.345 e. The number of hydrogen-bond donors (Lipinski definition) is 2. The van der Waals surface area contributed by atoms with E-state index in [-0.39, 0.29) is 36.6 Å². The molecular weight excluding hydrogens is 321 g/mol. The van der Waals surface area contributed by atoms with E-state index in [0.29, 0.717) is 12.1 Å². The van der Waals surface area contributed by atoms with Gasteiger partial charge in [-0.1, -0.05) is 19.9 Å². The third kappa shape index (κ3) is 4.32. The number of carbonyl (C=O) groups excluding carboxylic acids is 1. The molecule has 0 radical (unpaired) electrons. The molecule has 4 nitrogen and oxygen atoms in total. The molecule has 2 aromatic rings. The van der Waals surface area contributed by atoms with E-state index in [1.807, 2.05) is 31.2 Å². The van der Waals surface area contributed by atoms with Crippen LogP contribution in [0.25, 0.3) is 10.9 Å². The molecule has 3 N–H and O–H groups in total. The van der Waals surface area contributed by atoms with Crippen molar-refractivity contribution in [3.05, 3.63) is 42.1 Å². The van der Waals surface area contributed by atoms with Gasteiger partial charge in [0.15, 0.2) is 0 Å². The number of rotatable bonds is 4. The fourth-order valence-electron chi connectivity index (χ4n) is 1.98. The van der Waals surface area contributed by atoms with Crippen LogP contribution in [0.3, 0.4) is 0 Å². The third-order valence-corrected chi connectivity index (χ3v) is 3.96. The van der Waals surface area contributed by atoms with Crippen LogP contribution in [0.15, 0.2) is 36.5 Å². The van der Waals surface area contributed by atoms with Crippen molar-refractivity contribution in [3.8, 4) is 0 Å². The number of halogens is 2. The van der Waals surface area contributed by atoms with Crippen molar-refractivity contribution in [1.29, 1.82) is 0 Å². The second kappa shape index (κ2) is 8.32. The quantitative estimate of drug-likeness (QED) is 0.895. The minimum Gasteiger partial charge on any atom is -0.345 e. The lowest BCUT2D eigenvalue weighted by Gasteiger charge is -2.33. The second-order valence-electron chi connectivity index (χ2n) is 5.64. The van der Waals surface area contributed by atoms with Crippen molar-refractivity contribution in [2.24, 2.45) is 11.7 Å². The van der Waals surface area contributed by atoms with Crippen LogP contribution < -0.4 is 11.1 Å². The van der Waals surface area contributed by atoms with Crippen LogP contribution in [0.4, 0.5) is 0 Å². The summed E-state index contributed by atoms with van der Waals surface area (Å²) in [6, 6.07) is 9.32. The molecule has 1 heterocycles. The van der Waals surface area contributed by atoms with Gasteiger partial charge in [-0.05, 0) is 37.1 Å². The van der Waals surface area contributed by atoms with Crippen LogP contribution in [-0.2, 0) is 0 Å². The highest BCUT2D eigenvalue weighted by Crippen LogP contribution is 2.18. The van der Waals surface area contributed by atoms with Crippen LogP contribution in [-0.4, -0.2) is 23.0 Å². The summed E-state index contributed by atoms with van der Waals surface area (Å²) >= 11 is 0. The van der Waals surface area contributed by atoms with Gasteiger partial charge in [-0.3, -0.25) is 9.78 Å². The fourth-order valence-corrected chi connectivity index (χ4v) is 1.98. The van der Waals surface area contributed by atoms with Crippen LogP contribution >= 0.6 is 24.8 Å². The first-order valence-corrected chi connectivity index (χ1v) is 6.83. The van der Waals surface area contributed by atoms with E-state index < -0.39 is 5.54 Å². The molecule has 0 spiro atoms. The smallest absolute Gasteiger partial charge is 0.251 e. The minimum atomic E-state index is -0.402. The molecule has 0 bridgehead atoms. The highest BCUT2D eigenvalue weighted by Gasteiger charge is 2.28. The molecule has 0 aliphatic heterocycles. The zero-order chi connectivity index (χ0) is 14.8. The van der Waals surface area contributed by atoms with Crippen molar-refractivity contribution < 1.29 is 4.79 Å². The number of hydrogen-bond acceptors (Lipinski definition) is 3. The molecule has 1 unspecified atom stereocenters. The van der Waals surface area contributed by atoms with Gasteiger partial charge >= 0.3 is 0 Å². The first-order chi connectivity index (χ1) is 9.46. The predicted molar refractivity (Wildman–Crippen MR) is 96.0 cm³/mol. The second-order valence-corrected chi connectivity index (χ2v) is 5.64. The number of amides is 1. The van der Waals surface area contributed by atoms with Crippen LogP contribution in [0.1, 0.15) is 31.1 Å². The SMILES string of the molecule is CC(C)C(C)(CN)NC(=O)c1ccc2ncccc2c1.Cl.Cl. The summed E-state index contributed by atoms with van der Waals surface area (Å²) in [4.78, 5) is 16.6. The van der Waals surface area contributed by atoms with Crippen molar-refractivity contribution in [2.45, 2.75) is 26.3 Å². The highest BCUT2D eigenvalue weighted by molar-refractivity contribution is 5.98. The van der Waals surface area contributed by atoms with E-state index >= 15 is 0 Å². The molecule has 22 heavy (non-hydrogen) atoms. The van der Waals surface area contributed by atoms with Gasteiger partial charge < -0.3 is 11.1 Å². The topological polar surface area (TPSA) is 68.0 Å². The zero-order valence-electron chi connectivity index (χ0n) is 13.0. The van der Waals surface area contributed by atoms with E-state index in [9.17, 15) is 4.79 Å². The first-order valence-electron chi connectivity index (χ1n) is 6.83. The Kier molecular flexibility index (Phi) is 7.81. The van der Waals surface area contributed by atoms with E-state index in [1.54, 1.807) is 12.3 Å². The Morgan fingerprint density at radius 3 is 2.59 bits per heavy atom. The molecule has 0 saturated carbocycles. The Morgan fingerprint density at radius 2 is 2.00 bits per heavy atom. The van der Waals surface area contributed by atoms with Gasteiger partial charge in [0.1, 0.15) is 0 Å². The van der Waals surface area contributed by atoms with E-state index in [4.69, 9.17) is 5.73 Å². The Bertz CT molecular complexity index is 634. The Balaban J connectivity index is 0.00000220. The van der Waals surface area contributed by atoms with Gasteiger partial charge in [-0.15, -0.1) is 24.8 Å². The standard InChI is InChI=1S/C16H21N3O.2ClH/c1-11(2)16(3,10-17)19-15(20)13-6-7-14-12(9-13)5-4-8-18-14;;/h4-9,11H,10,17H2,1-3H3,(H,19,20);2*1H. The Morgan fingerprint density at radius 1 is 1.32 bits per heavy atom. The summed E-state index contributed by atoms with van der Waals surface area (Å²) in [5.74, 6) is 0.163. The maximum atomic E-state index is 12.4. The van der Waals surface area contributed by atoms with E-state index in [2.05, 4.69) is 24.1 Å². The number of aromatic nitrogens is 1. The van der Waals surface area contributed by atoms with Crippen molar-refractivity contribution in [1.82, 2.24) is 10.3 Å². The summed E-state index contributed by atoms with van der Waals surface area (Å²) < 4.78 is 0. The average Bonchev–Trinajstić information content (AvgIpc) is 2.46. The minimum absolute atomic E-state index is 0. The number of nitrogens with two attached hydrogens (primary N) is 1. The zero-order valence-corrected chi connectivity index (χ0v) is 14.6. The number of nitrogens with one attached hydrogen (secondary N) is 1. The Hall–Kier alpha value is -1.36. The summed E-state index contributed by atoms with van der Waals surface area (Å²) in [5, 5.41) is 4.00. The van der Waals surface area contributed by atoms with Crippen molar-refractivity contribution in [3.63, 3.8) is 0 Å². The van der Waals surface area contributed by atoms with Gasteiger partial charge in [0, 0.05) is 23.7 Å². The summed E-state index contributed by atoms with van der Waals surface area (Å²) in [7, 11) is 0. The molecular formula is C16H23Cl2N3O. The molecule has 0 aliphatic carbocycles. The lowest BCUT2D eigenvalue weighted by molar-refractivity contribution is 0.0883. The molecule has 1 amide bonds. The fraction of sp³-hybridized carbons (Fsp3) is 0.375. The maximum absolute atomic E-state index is 12.4. The molecule has 0 fully saturated rings. The van der Waals surface area contributed by atoms with Gasteiger partial charge in [0.2, 0.25) is 0 Å². The lowest BCUT2D eigenvalue weighted by atomic mass is 9.88. The van der Waals surface area contributed by atoms with Crippen LogP contribution in [0.5, 0.6) is 0 Å². The number of pyridine rings is 1. The van der Waals surface area contributed by atoms with Crippen LogP contribution in [0.2, 0.25) is 0 Å². The number of nitrogens with zero attached hydrogens (tertiary/aromatic N) is 1. The predicted octanol–water partition coefficient (Wildman–Crippen LogP) is 3.18. The number of fused-ring (bicyclic) bond motifs is 1.